The van der Waals surface area contributed by atoms with Crippen molar-refractivity contribution in [2.24, 2.45) is 0 Å². The zero-order valence-corrected chi connectivity index (χ0v) is 11.6. The number of morpholine rings is 1. The molecule has 20 heavy (non-hydrogen) atoms. The van der Waals surface area contributed by atoms with E-state index in [2.05, 4.69) is 20.2 Å². The van der Waals surface area contributed by atoms with Gasteiger partial charge in [0.15, 0.2) is 0 Å². The summed E-state index contributed by atoms with van der Waals surface area (Å²) < 4.78 is 5.34. The summed E-state index contributed by atoms with van der Waals surface area (Å²) in [4.78, 5) is 11.3. The molecule has 1 fully saturated rings. The number of aromatic nitrogens is 2. The molecular formula is C15H20N4O. The second-order valence-corrected chi connectivity index (χ2v) is 4.99. The Balaban J connectivity index is 1.47. The van der Waals surface area contributed by atoms with E-state index in [1.54, 1.807) is 0 Å². The maximum Gasteiger partial charge on any atom is 0.223 e. The van der Waals surface area contributed by atoms with Gasteiger partial charge in [-0.25, -0.2) is 9.97 Å². The minimum absolute atomic E-state index is 0.714. The van der Waals surface area contributed by atoms with Crippen LogP contribution in [0.1, 0.15) is 6.42 Å². The predicted molar refractivity (Wildman–Crippen MR) is 79.9 cm³/mol. The Morgan fingerprint density at radius 1 is 1.20 bits per heavy atom. The van der Waals surface area contributed by atoms with Gasteiger partial charge in [0.25, 0.3) is 0 Å². The molecule has 1 aliphatic rings. The van der Waals surface area contributed by atoms with Crippen molar-refractivity contribution in [1.82, 2.24) is 14.9 Å². The lowest BCUT2D eigenvalue weighted by atomic mass is 10.2. The van der Waals surface area contributed by atoms with E-state index in [4.69, 9.17) is 4.74 Å². The van der Waals surface area contributed by atoms with Gasteiger partial charge in [-0.1, -0.05) is 18.2 Å². The molecular weight excluding hydrogens is 252 g/mol. The van der Waals surface area contributed by atoms with Gasteiger partial charge >= 0.3 is 0 Å². The summed E-state index contributed by atoms with van der Waals surface area (Å²) in [5.74, 6) is 0.714. The van der Waals surface area contributed by atoms with E-state index < -0.39 is 0 Å². The highest BCUT2D eigenvalue weighted by Crippen LogP contribution is 2.11. The summed E-state index contributed by atoms with van der Waals surface area (Å²) in [5, 5.41) is 4.37. The summed E-state index contributed by atoms with van der Waals surface area (Å²) in [6.07, 6.45) is 2.96. The Bertz CT molecular complexity index is 554. The fourth-order valence-corrected chi connectivity index (χ4v) is 2.38. The molecule has 0 spiro atoms. The average molecular weight is 272 g/mol. The van der Waals surface area contributed by atoms with Crippen LogP contribution in [-0.4, -0.2) is 54.3 Å². The van der Waals surface area contributed by atoms with Crippen LogP contribution in [0, 0.1) is 0 Å². The molecule has 0 atom stereocenters. The van der Waals surface area contributed by atoms with Gasteiger partial charge in [0.05, 0.1) is 18.7 Å². The van der Waals surface area contributed by atoms with Crippen LogP contribution in [0.15, 0.2) is 30.5 Å². The largest absolute Gasteiger partial charge is 0.379 e. The Morgan fingerprint density at radius 3 is 2.95 bits per heavy atom. The fraction of sp³-hybridized carbons (Fsp3) is 0.467. The van der Waals surface area contributed by atoms with Crippen LogP contribution < -0.4 is 5.32 Å². The number of nitrogens with zero attached hydrogens (tertiary/aromatic N) is 3. The second kappa shape index (κ2) is 6.63. The van der Waals surface area contributed by atoms with Gasteiger partial charge in [-0.3, -0.25) is 4.90 Å². The molecule has 1 aromatic heterocycles. The minimum atomic E-state index is 0.714. The Hall–Kier alpha value is -1.72. The van der Waals surface area contributed by atoms with Crippen molar-refractivity contribution in [3.05, 3.63) is 30.5 Å². The van der Waals surface area contributed by atoms with Gasteiger partial charge in [0.2, 0.25) is 5.95 Å². The number of rotatable bonds is 5. The molecule has 3 rings (SSSR count). The first-order valence-electron chi connectivity index (χ1n) is 7.17. The number of ether oxygens (including phenoxy) is 1. The molecule has 1 N–H and O–H groups in total. The van der Waals surface area contributed by atoms with Crippen molar-refractivity contribution in [1.29, 1.82) is 0 Å². The molecule has 0 amide bonds. The number of hydrogen-bond donors (Lipinski definition) is 1. The highest BCUT2D eigenvalue weighted by molar-refractivity contribution is 5.78. The molecule has 1 aromatic carbocycles. The van der Waals surface area contributed by atoms with Gasteiger partial charge in [-0.15, -0.1) is 0 Å². The van der Waals surface area contributed by atoms with E-state index in [-0.39, 0.29) is 0 Å². The maximum atomic E-state index is 5.34. The summed E-state index contributed by atoms with van der Waals surface area (Å²) in [7, 11) is 0. The summed E-state index contributed by atoms with van der Waals surface area (Å²) in [5.41, 5.74) is 0.984. The van der Waals surface area contributed by atoms with E-state index in [0.717, 1.165) is 56.7 Å². The molecule has 0 saturated carbocycles. The lowest BCUT2D eigenvalue weighted by Gasteiger charge is -2.26. The van der Waals surface area contributed by atoms with Gasteiger partial charge < -0.3 is 10.1 Å². The lowest BCUT2D eigenvalue weighted by Crippen LogP contribution is -2.37. The molecule has 5 nitrogen and oxygen atoms in total. The lowest BCUT2D eigenvalue weighted by molar-refractivity contribution is 0.0378. The summed E-state index contributed by atoms with van der Waals surface area (Å²) in [6, 6.07) is 8.03. The van der Waals surface area contributed by atoms with Crippen LogP contribution in [0.4, 0.5) is 5.95 Å². The van der Waals surface area contributed by atoms with Crippen molar-refractivity contribution in [2.75, 3.05) is 44.7 Å². The molecule has 1 saturated heterocycles. The van der Waals surface area contributed by atoms with Crippen molar-refractivity contribution in [2.45, 2.75) is 6.42 Å². The van der Waals surface area contributed by atoms with Crippen LogP contribution >= 0.6 is 0 Å². The number of anilines is 1. The third kappa shape index (κ3) is 3.43. The number of fused-ring (bicyclic) bond motifs is 1. The standard InChI is InChI=1S/C15H20N4O/c1-2-5-14-13(4-1)12-17-15(18-14)16-6-3-7-19-8-10-20-11-9-19/h1-2,4-5,12H,3,6-11H2,(H,16,17,18). The first-order chi connectivity index (χ1) is 9.92. The average Bonchev–Trinajstić information content (AvgIpc) is 2.52. The smallest absolute Gasteiger partial charge is 0.223 e. The molecule has 5 heteroatoms. The molecule has 0 bridgehead atoms. The first kappa shape index (κ1) is 13.3. The van der Waals surface area contributed by atoms with Gasteiger partial charge in [0, 0.05) is 31.2 Å². The quantitative estimate of drug-likeness (QED) is 0.841. The third-order valence-corrected chi connectivity index (χ3v) is 3.53. The van der Waals surface area contributed by atoms with E-state index in [1.807, 2.05) is 30.5 Å². The molecule has 2 heterocycles. The van der Waals surface area contributed by atoms with Crippen molar-refractivity contribution < 1.29 is 4.74 Å². The van der Waals surface area contributed by atoms with Crippen LogP contribution in [0.3, 0.4) is 0 Å². The predicted octanol–water partition coefficient (Wildman–Crippen LogP) is 1.76. The zero-order valence-electron chi connectivity index (χ0n) is 11.6. The molecule has 0 aliphatic carbocycles. The van der Waals surface area contributed by atoms with Crippen LogP contribution in [0.25, 0.3) is 10.9 Å². The van der Waals surface area contributed by atoms with E-state index in [0.29, 0.717) is 5.95 Å². The topological polar surface area (TPSA) is 50.3 Å². The van der Waals surface area contributed by atoms with Crippen molar-refractivity contribution >= 4 is 16.9 Å². The zero-order chi connectivity index (χ0) is 13.6. The van der Waals surface area contributed by atoms with E-state index in [9.17, 15) is 0 Å². The van der Waals surface area contributed by atoms with Gasteiger partial charge in [-0.05, 0) is 19.0 Å². The second-order valence-electron chi connectivity index (χ2n) is 4.99. The highest BCUT2D eigenvalue weighted by atomic mass is 16.5. The number of hydrogen-bond acceptors (Lipinski definition) is 5. The number of benzene rings is 1. The SMILES string of the molecule is c1ccc2nc(NCCCN3CCOCC3)ncc2c1. The minimum Gasteiger partial charge on any atom is -0.379 e. The summed E-state index contributed by atoms with van der Waals surface area (Å²) in [6.45, 7) is 5.82. The van der Waals surface area contributed by atoms with Crippen LogP contribution in [-0.2, 0) is 4.74 Å². The van der Waals surface area contributed by atoms with Gasteiger partial charge in [-0.2, -0.15) is 0 Å². The van der Waals surface area contributed by atoms with Crippen molar-refractivity contribution in [3.8, 4) is 0 Å². The molecule has 106 valence electrons. The molecule has 0 radical (unpaired) electrons. The molecule has 0 unspecified atom stereocenters. The van der Waals surface area contributed by atoms with E-state index >= 15 is 0 Å². The first-order valence-corrected chi connectivity index (χ1v) is 7.17. The number of nitrogens with one attached hydrogen (secondary N) is 1. The normalized spacial score (nSPS) is 16.4. The molecule has 2 aromatic rings. The third-order valence-electron chi connectivity index (χ3n) is 3.53. The monoisotopic (exact) mass is 272 g/mol. The van der Waals surface area contributed by atoms with Crippen molar-refractivity contribution in [3.63, 3.8) is 0 Å². The van der Waals surface area contributed by atoms with E-state index in [1.165, 1.54) is 0 Å². The van der Waals surface area contributed by atoms with Gasteiger partial charge in [0.1, 0.15) is 0 Å². The van der Waals surface area contributed by atoms with Crippen LogP contribution in [0.5, 0.6) is 0 Å². The van der Waals surface area contributed by atoms with Crippen LogP contribution in [0.2, 0.25) is 0 Å². The molecule has 1 aliphatic heterocycles. The number of para-hydroxylation sites is 1. The fourth-order valence-electron chi connectivity index (χ4n) is 2.38. The Labute approximate surface area is 119 Å². The Morgan fingerprint density at radius 2 is 2.05 bits per heavy atom. The highest BCUT2D eigenvalue weighted by Gasteiger charge is 2.09. The Kier molecular flexibility index (Phi) is 4.40. The maximum absolute atomic E-state index is 5.34. The summed E-state index contributed by atoms with van der Waals surface area (Å²) >= 11 is 0.